The van der Waals surface area contributed by atoms with Gasteiger partial charge in [0.2, 0.25) is 15.8 Å². The smallest absolute Gasteiger partial charge is 0.332 e. The molecule has 8 nitrogen and oxygen atoms in total. The minimum absolute atomic E-state index is 0.0904. The number of halogens is 3. The summed E-state index contributed by atoms with van der Waals surface area (Å²) in [5, 5.41) is 9.10. The summed E-state index contributed by atoms with van der Waals surface area (Å²) in [6.45, 7) is 0. The molecule has 0 atom stereocenters. The van der Waals surface area contributed by atoms with Gasteiger partial charge in [0, 0.05) is 11.8 Å². The maximum atomic E-state index is 12.9. The van der Waals surface area contributed by atoms with Crippen molar-refractivity contribution in [2.45, 2.75) is 11.1 Å². The van der Waals surface area contributed by atoms with Crippen LogP contribution in [0.15, 0.2) is 82.5 Å². The second kappa shape index (κ2) is 7.78. The Kier molecular flexibility index (Phi) is 4.99. The highest BCUT2D eigenvalue weighted by atomic mass is 32.2. The first-order valence-corrected chi connectivity index (χ1v) is 11.3. The Morgan fingerprint density at radius 2 is 1.68 bits per heavy atom. The molecule has 0 unspecified atom stereocenters. The molecule has 0 amide bonds. The summed E-state index contributed by atoms with van der Waals surface area (Å²) in [4.78, 5) is 8.54. The zero-order chi connectivity index (χ0) is 24.1. The number of sulfonamides is 1. The van der Waals surface area contributed by atoms with Crippen LogP contribution in [-0.2, 0) is 16.2 Å². The number of nitrogens with two attached hydrogens (primary N) is 1. The van der Waals surface area contributed by atoms with Gasteiger partial charge in [0.25, 0.3) is 5.89 Å². The molecule has 12 heteroatoms. The molecule has 0 radical (unpaired) electrons. The highest BCUT2D eigenvalue weighted by molar-refractivity contribution is 7.89. The van der Waals surface area contributed by atoms with Crippen molar-refractivity contribution >= 4 is 15.7 Å². The van der Waals surface area contributed by atoms with Gasteiger partial charge >= 0.3 is 6.18 Å². The third-order valence-electron chi connectivity index (χ3n) is 5.12. The maximum absolute atomic E-state index is 12.9. The monoisotopic (exact) mass is 485 g/mol. The van der Waals surface area contributed by atoms with Crippen LogP contribution in [0.5, 0.6) is 0 Å². The number of hydrogen-bond acceptors (Lipinski definition) is 6. The van der Waals surface area contributed by atoms with E-state index in [0.29, 0.717) is 28.0 Å². The van der Waals surface area contributed by atoms with E-state index in [9.17, 15) is 21.6 Å². The number of imidazole rings is 1. The number of benzene rings is 2. The van der Waals surface area contributed by atoms with Crippen LogP contribution in [0.3, 0.4) is 0 Å². The number of pyridine rings is 1. The molecule has 0 aliphatic heterocycles. The third kappa shape index (κ3) is 4.04. The first-order chi connectivity index (χ1) is 16.1. The molecule has 2 N–H and O–H groups in total. The number of rotatable bonds is 4. The summed E-state index contributed by atoms with van der Waals surface area (Å²) >= 11 is 0. The van der Waals surface area contributed by atoms with Crippen LogP contribution < -0.4 is 5.14 Å². The van der Waals surface area contributed by atoms with Gasteiger partial charge in [-0.3, -0.25) is 4.40 Å². The van der Waals surface area contributed by atoms with Crippen molar-refractivity contribution in [1.82, 2.24) is 19.5 Å². The fourth-order valence-electron chi connectivity index (χ4n) is 3.42. The zero-order valence-electron chi connectivity index (χ0n) is 17.1. The zero-order valence-corrected chi connectivity index (χ0v) is 17.9. The molecule has 5 aromatic rings. The SMILES string of the molecule is NS(=O)(=O)c1cccc(-c2noc(-c3cnc4ccc(-c5ccc(C(F)(F)F)cc5)cn34)n2)c1. The van der Waals surface area contributed by atoms with Gasteiger partial charge in [0.1, 0.15) is 11.3 Å². The van der Waals surface area contributed by atoms with E-state index in [1.54, 1.807) is 28.8 Å². The van der Waals surface area contributed by atoms with Gasteiger partial charge in [0.05, 0.1) is 16.7 Å². The average molecular weight is 485 g/mol. The van der Waals surface area contributed by atoms with Gasteiger partial charge < -0.3 is 4.52 Å². The fraction of sp³-hybridized carbons (Fsp3) is 0.0455. The van der Waals surface area contributed by atoms with E-state index in [1.807, 2.05) is 0 Å². The van der Waals surface area contributed by atoms with Crippen molar-refractivity contribution in [2.75, 3.05) is 0 Å². The third-order valence-corrected chi connectivity index (χ3v) is 6.03. The van der Waals surface area contributed by atoms with Crippen LogP contribution in [-0.4, -0.2) is 27.9 Å². The molecule has 0 fully saturated rings. The summed E-state index contributed by atoms with van der Waals surface area (Å²) in [5.41, 5.74) is 1.90. The lowest BCUT2D eigenvalue weighted by Gasteiger charge is -2.08. The molecule has 34 heavy (non-hydrogen) atoms. The molecule has 172 valence electrons. The first-order valence-electron chi connectivity index (χ1n) is 9.72. The Morgan fingerprint density at radius 3 is 2.38 bits per heavy atom. The molecule has 0 spiro atoms. The van der Waals surface area contributed by atoms with Gasteiger partial charge in [-0.15, -0.1) is 0 Å². The highest BCUT2D eigenvalue weighted by Crippen LogP contribution is 2.32. The van der Waals surface area contributed by atoms with Crippen molar-refractivity contribution in [2.24, 2.45) is 5.14 Å². The van der Waals surface area contributed by atoms with Crippen molar-refractivity contribution in [3.05, 3.63) is 78.6 Å². The molecule has 3 aromatic heterocycles. The number of aromatic nitrogens is 4. The van der Waals surface area contributed by atoms with Crippen LogP contribution in [0.2, 0.25) is 0 Å². The van der Waals surface area contributed by atoms with Crippen molar-refractivity contribution in [3.8, 4) is 34.1 Å². The summed E-state index contributed by atoms with van der Waals surface area (Å²) in [6.07, 6.45) is -1.20. The number of alkyl halides is 3. The maximum Gasteiger partial charge on any atom is 0.416 e. The Hall–Kier alpha value is -4.03. The molecule has 5 rings (SSSR count). The summed E-state index contributed by atoms with van der Waals surface area (Å²) in [7, 11) is -3.90. The van der Waals surface area contributed by atoms with Gasteiger partial charge in [-0.05, 0) is 47.5 Å². The second-order valence-corrected chi connectivity index (χ2v) is 8.92. The van der Waals surface area contributed by atoms with Gasteiger partial charge in [0.15, 0.2) is 0 Å². The molecule has 0 saturated carbocycles. The fourth-order valence-corrected chi connectivity index (χ4v) is 3.98. The van der Waals surface area contributed by atoms with E-state index in [4.69, 9.17) is 9.66 Å². The predicted octanol–water partition coefficient (Wildman–Crippen LogP) is 4.38. The van der Waals surface area contributed by atoms with Crippen LogP contribution in [0.25, 0.3) is 39.7 Å². The molecule has 0 aliphatic carbocycles. The Labute approximate surface area is 190 Å². The molecule has 0 aliphatic rings. The summed E-state index contributed by atoms with van der Waals surface area (Å²) in [6, 6.07) is 14.1. The standard InChI is InChI=1S/C22H14F3N5O3S/c23-22(24,25)16-7-4-13(5-8-16)15-6-9-19-27-11-18(30(19)12-15)21-28-20(29-33-21)14-2-1-3-17(10-14)34(26,31)32/h1-12H,(H2,26,31,32). The first kappa shape index (κ1) is 21.8. The summed E-state index contributed by atoms with van der Waals surface area (Å²) < 4.78 is 68.9. The van der Waals surface area contributed by atoms with E-state index < -0.39 is 21.8 Å². The number of hydrogen-bond donors (Lipinski definition) is 1. The molecule has 0 bridgehead atoms. The van der Waals surface area contributed by atoms with E-state index in [2.05, 4.69) is 15.1 Å². The molecule has 3 heterocycles. The normalized spacial score (nSPS) is 12.4. The van der Waals surface area contributed by atoms with Gasteiger partial charge in [-0.25, -0.2) is 18.5 Å². The largest absolute Gasteiger partial charge is 0.416 e. The van der Waals surface area contributed by atoms with Gasteiger partial charge in [-0.1, -0.05) is 29.4 Å². The second-order valence-electron chi connectivity index (χ2n) is 7.36. The number of fused-ring (bicyclic) bond motifs is 1. The topological polar surface area (TPSA) is 116 Å². The minimum Gasteiger partial charge on any atom is -0.332 e. The van der Waals surface area contributed by atoms with Crippen molar-refractivity contribution in [3.63, 3.8) is 0 Å². The van der Waals surface area contributed by atoms with Crippen LogP contribution >= 0.6 is 0 Å². The van der Waals surface area contributed by atoms with E-state index in [-0.39, 0.29) is 16.6 Å². The lowest BCUT2D eigenvalue weighted by atomic mass is 10.1. The lowest BCUT2D eigenvalue weighted by Crippen LogP contribution is -2.11. The van der Waals surface area contributed by atoms with E-state index >= 15 is 0 Å². The van der Waals surface area contributed by atoms with Gasteiger partial charge in [-0.2, -0.15) is 18.2 Å². The van der Waals surface area contributed by atoms with Crippen molar-refractivity contribution in [1.29, 1.82) is 0 Å². The molecule has 2 aromatic carbocycles. The van der Waals surface area contributed by atoms with E-state index in [0.717, 1.165) is 12.1 Å². The number of nitrogens with zero attached hydrogens (tertiary/aromatic N) is 4. The van der Waals surface area contributed by atoms with Crippen LogP contribution in [0.4, 0.5) is 13.2 Å². The molecular formula is C22H14F3N5O3S. The highest BCUT2D eigenvalue weighted by Gasteiger charge is 2.30. The van der Waals surface area contributed by atoms with Crippen molar-refractivity contribution < 1.29 is 26.1 Å². The Morgan fingerprint density at radius 1 is 0.941 bits per heavy atom. The van der Waals surface area contributed by atoms with Crippen LogP contribution in [0.1, 0.15) is 5.56 Å². The molecule has 0 saturated heterocycles. The Balaban J connectivity index is 1.52. The minimum atomic E-state index is -4.41. The quantitative estimate of drug-likeness (QED) is 0.404. The van der Waals surface area contributed by atoms with E-state index in [1.165, 1.54) is 36.5 Å². The average Bonchev–Trinajstić information content (AvgIpc) is 3.45. The number of primary sulfonamides is 1. The lowest BCUT2D eigenvalue weighted by molar-refractivity contribution is -0.137. The Bertz CT molecular complexity index is 1620. The molecular weight excluding hydrogens is 471 g/mol. The van der Waals surface area contributed by atoms with Crippen LogP contribution in [0, 0.1) is 0 Å². The summed E-state index contributed by atoms with van der Waals surface area (Å²) in [5.74, 6) is 0.266. The predicted molar refractivity (Wildman–Crippen MR) is 116 cm³/mol.